The third-order valence-corrected chi connectivity index (χ3v) is 5.96. The first-order valence-corrected chi connectivity index (χ1v) is 12.3. The maximum absolute atomic E-state index is 13.1. The predicted molar refractivity (Wildman–Crippen MR) is 132 cm³/mol. The summed E-state index contributed by atoms with van der Waals surface area (Å²) < 4.78 is 0. The van der Waals surface area contributed by atoms with E-state index in [1.54, 1.807) is 0 Å². The van der Waals surface area contributed by atoms with Crippen LogP contribution in [-0.2, 0) is 19.2 Å². The zero-order valence-electron chi connectivity index (χ0n) is 21.1. The summed E-state index contributed by atoms with van der Waals surface area (Å²) in [6, 6.07) is -3.69. The van der Waals surface area contributed by atoms with Gasteiger partial charge in [-0.3, -0.25) is 14.4 Å². The van der Waals surface area contributed by atoms with E-state index in [9.17, 15) is 24.3 Å². The molecule has 0 aromatic rings. The summed E-state index contributed by atoms with van der Waals surface area (Å²) in [6.07, 6.45) is 3.55. The summed E-state index contributed by atoms with van der Waals surface area (Å²) in [5.74, 6) is -3.00. The molecule has 0 aliphatic rings. The van der Waals surface area contributed by atoms with E-state index in [-0.39, 0.29) is 24.7 Å². The fraction of sp³-hybridized carbons (Fsp3) is 0.826. The minimum atomic E-state index is -1.15. The number of carbonyl (C=O) groups is 4. The molecular weight excluding hydrogens is 440 g/mol. The number of nitrogens with two attached hydrogens (primary N) is 3. The Morgan fingerprint density at radius 2 is 1.26 bits per heavy atom. The van der Waals surface area contributed by atoms with Crippen LogP contribution < -0.4 is 33.2 Å². The van der Waals surface area contributed by atoms with Crippen LogP contribution in [0.25, 0.3) is 0 Å². The van der Waals surface area contributed by atoms with Crippen molar-refractivity contribution in [2.24, 2.45) is 29.0 Å². The zero-order valence-corrected chi connectivity index (χ0v) is 21.1. The minimum absolute atomic E-state index is 0.109. The molecule has 0 rings (SSSR count). The zero-order chi connectivity index (χ0) is 26.3. The molecule has 34 heavy (non-hydrogen) atoms. The summed E-state index contributed by atoms with van der Waals surface area (Å²) in [5.41, 5.74) is 17.0. The van der Waals surface area contributed by atoms with Gasteiger partial charge in [-0.15, -0.1) is 0 Å². The number of hydrogen-bond acceptors (Lipinski definition) is 7. The fourth-order valence-corrected chi connectivity index (χ4v) is 3.30. The second-order valence-corrected chi connectivity index (χ2v) is 9.17. The largest absolute Gasteiger partial charge is 0.480 e. The third kappa shape index (κ3) is 11.8. The van der Waals surface area contributed by atoms with Crippen molar-refractivity contribution in [2.45, 2.75) is 96.8 Å². The molecule has 0 saturated carbocycles. The molecule has 0 aromatic heterocycles. The van der Waals surface area contributed by atoms with Crippen LogP contribution in [0.3, 0.4) is 0 Å². The highest BCUT2D eigenvalue weighted by atomic mass is 16.4. The summed E-state index contributed by atoms with van der Waals surface area (Å²) in [4.78, 5) is 50.2. The van der Waals surface area contributed by atoms with Gasteiger partial charge in [0.1, 0.15) is 18.1 Å². The first-order valence-electron chi connectivity index (χ1n) is 12.3. The fourth-order valence-electron chi connectivity index (χ4n) is 3.30. The van der Waals surface area contributed by atoms with Crippen LogP contribution in [0, 0.1) is 11.8 Å². The van der Waals surface area contributed by atoms with Crippen LogP contribution in [0.4, 0.5) is 0 Å². The highest BCUT2D eigenvalue weighted by molar-refractivity contribution is 5.94. The van der Waals surface area contributed by atoms with Crippen molar-refractivity contribution in [3.8, 4) is 0 Å². The SMILES string of the molecule is CCC(C)C(NC(=O)C(N)C(C)C)C(=O)NC(CCCCN)C(=O)NC(CCCCN)C(=O)O. The van der Waals surface area contributed by atoms with E-state index < -0.39 is 47.9 Å². The van der Waals surface area contributed by atoms with E-state index >= 15 is 0 Å². The Morgan fingerprint density at radius 1 is 0.765 bits per heavy atom. The molecule has 5 atom stereocenters. The van der Waals surface area contributed by atoms with E-state index in [0.717, 1.165) is 0 Å². The van der Waals surface area contributed by atoms with Gasteiger partial charge in [-0.2, -0.15) is 0 Å². The van der Waals surface area contributed by atoms with Gasteiger partial charge in [0, 0.05) is 0 Å². The molecule has 0 heterocycles. The van der Waals surface area contributed by atoms with Crippen molar-refractivity contribution in [1.29, 1.82) is 0 Å². The van der Waals surface area contributed by atoms with Gasteiger partial charge in [-0.05, 0) is 63.5 Å². The average Bonchev–Trinajstić information content (AvgIpc) is 2.79. The van der Waals surface area contributed by atoms with Gasteiger partial charge in [-0.25, -0.2) is 4.79 Å². The number of unbranched alkanes of at least 4 members (excludes halogenated alkanes) is 2. The molecule has 3 amide bonds. The molecular formula is C23H46N6O5. The maximum atomic E-state index is 13.1. The van der Waals surface area contributed by atoms with Crippen molar-refractivity contribution in [2.75, 3.05) is 13.1 Å². The number of amides is 3. The van der Waals surface area contributed by atoms with E-state index in [1.807, 2.05) is 27.7 Å². The molecule has 0 radical (unpaired) electrons. The lowest BCUT2D eigenvalue weighted by Crippen LogP contribution is -2.59. The molecule has 5 unspecified atom stereocenters. The summed E-state index contributed by atoms with van der Waals surface area (Å²) >= 11 is 0. The predicted octanol–water partition coefficient (Wildman–Crippen LogP) is -0.187. The van der Waals surface area contributed by atoms with E-state index in [2.05, 4.69) is 16.0 Å². The molecule has 0 aliphatic carbocycles. The normalized spacial score (nSPS) is 15.6. The summed E-state index contributed by atoms with van der Waals surface area (Å²) in [7, 11) is 0. The Morgan fingerprint density at radius 3 is 1.71 bits per heavy atom. The second-order valence-electron chi connectivity index (χ2n) is 9.17. The van der Waals surface area contributed by atoms with Gasteiger partial charge in [-0.1, -0.05) is 34.1 Å². The monoisotopic (exact) mass is 486 g/mol. The number of rotatable bonds is 18. The number of aliphatic carboxylic acids is 1. The summed E-state index contributed by atoms with van der Waals surface area (Å²) in [6.45, 7) is 8.20. The molecule has 11 nitrogen and oxygen atoms in total. The lowest BCUT2D eigenvalue weighted by molar-refractivity contribution is -0.142. The molecule has 0 saturated heterocycles. The van der Waals surface area contributed by atoms with Crippen LogP contribution in [0.1, 0.15) is 72.6 Å². The topological polar surface area (TPSA) is 203 Å². The van der Waals surface area contributed by atoms with Gasteiger partial charge in [0.2, 0.25) is 17.7 Å². The standard InChI is InChI=1S/C23H46N6O5/c1-5-15(4)19(29-21(31)18(26)14(2)3)22(32)27-16(10-6-8-12-24)20(30)28-17(23(33)34)11-7-9-13-25/h14-19H,5-13,24-26H2,1-4H3,(H,27,32)(H,28,30)(H,29,31)(H,33,34). The summed E-state index contributed by atoms with van der Waals surface area (Å²) in [5, 5.41) is 17.4. The van der Waals surface area contributed by atoms with Crippen LogP contribution in [0.5, 0.6) is 0 Å². The van der Waals surface area contributed by atoms with E-state index in [4.69, 9.17) is 17.2 Å². The van der Waals surface area contributed by atoms with E-state index in [0.29, 0.717) is 45.2 Å². The quantitative estimate of drug-likeness (QED) is 0.129. The lowest BCUT2D eigenvalue weighted by Gasteiger charge is -2.28. The van der Waals surface area contributed by atoms with Crippen molar-refractivity contribution >= 4 is 23.7 Å². The van der Waals surface area contributed by atoms with Crippen molar-refractivity contribution in [3.63, 3.8) is 0 Å². The van der Waals surface area contributed by atoms with Crippen molar-refractivity contribution in [3.05, 3.63) is 0 Å². The van der Waals surface area contributed by atoms with Crippen molar-refractivity contribution in [1.82, 2.24) is 16.0 Å². The van der Waals surface area contributed by atoms with Crippen LogP contribution in [0.2, 0.25) is 0 Å². The van der Waals surface area contributed by atoms with Crippen LogP contribution in [0.15, 0.2) is 0 Å². The number of hydrogen-bond donors (Lipinski definition) is 7. The van der Waals surface area contributed by atoms with E-state index in [1.165, 1.54) is 0 Å². The maximum Gasteiger partial charge on any atom is 0.326 e. The van der Waals surface area contributed by atoms with Gasteiger partial charge in [0.15, 0.2) is 0 Å². The van der Waals surface area contributed by atoms with Crippen LogP contribution in [-0.4, -0.2) is 66.1 Å². The Bertz CT molecular complexity index is 645. The average molecular weight is 487 g/mol. The van der Waals surface area contributed by atoms with Crippen molar-refractivity contribution < 1.29 is 24.3 Å². The molecule has 0 bridgehead atoms. The Hall–Kier alpha value is -2.24. The van der Waals surface area contributed by atoms with Gasteiger partial charge in [0.25, 0.3) is 0 Å². The molecule has 0 aromatic carbocycles. The highest BCUT2D eigenvalue weighted by Gasteiger charge is 2.32. The minimum Gasteiger partial charge on any atom is -0.480 e. The van der Waals surface area contributed by atoms with Gasteiger partial charge >= 0.3 is 5.97 Å². The lowest BCUT2D eigenvalue weighted by atomic mass is 9.96. The molecule has 0 spiro atoms. The molecule has 0 aliphatic heterocycles. The van der Waals surface area contributed by atoms with Gasteiger partial charge in [0.05, 0.1) is 6.04 Å². The first kappa shape index (κ1) is 31.8. The Labute approximate surface area is 203 Å². The number of carboxylic acids is 1. The smallest absolute Gasteiger partial charge is 0.326 e. The third-order valence-electron chi connectivity index (χ3n) is 5.96. The number of carboxylic acid groups (broad SMARTS) is 1. The Balaban J connectivity index is 5.52. The first-order chi connectivity index (χ1) is 16.0. The van der Waals surface area contributed by atoms with Gasteiger partial charge < -0.3 is 38.3 Å². The Kier molecular flexibility index (Phi) is 16.1. The molecule has 11 heteroatoms. The molecule has 0 fully saturated rings. The highest BCUT2D eigenvalue weighted by Crippen LogP contribution is 2.11. The number of nitrogens with one attached hydrogen (secondary N) is 3. The molecule has 10 N–H and O–H groups in total. The second kappa shape index (κ2) is 17.2. The molecule has 198 valence electrons. The number of carbonyl (C=O) groups excluding carboxylic acids is 3. The van der Waals surface area contributed by atoms with Crippen LogP contribution >= 0.6 is 0 Å².